The number of aromatic nitrogens is 2. The van der Waals surface area contributed by atoms with Gasteiger partial charge in [-0.15, -0.1) is 0 Å². The molecule has 0 bridgehead atoms. The smallest absolute Gasteiger partial charge is 0.223 e. The van der Waals surface area contributed by atoms with E-state index < -0.39 is 0 Å². The van der Waals surface area contributed by atoms with Gasteiger partial charge in [-0.1, -0.05) is 20.8 Å². The third-order valence-electron chi connectivity index (χ3n) is 5.09. The summed E-state index contributed by atoms with van der Waals surface area (Å²) in [5.74, 6) is 1.05. The first kappa shape index (κ1) is 14.6. The molecule has 0 saturated heterocycles. The molecule has 4 nitrogen and oxygen atoms in total. The van der Waals surface area contributed by atoms with Gasteiger partial charge in [-0.2, -0.15) is 0 Å². The number of carbonyl (C=O) groups excluding carboxylic acids is 1. The maximum atomic E-state index is 12.6. The van der Waals surface area contributed by atoms with Gasteiger partial charge in [0, 0.05) is 24.1 Å². The van der Waals surface area contributed by atoms with Crippen LogP contribution in [0.5, 0.6) is 0 Å². The minimum absolute atomic E-state index is 0.110. The molecule has 3 atom stereocenters. The third kappa shape index (κ3) is 3.30. The third-order valence-corrected chi connectivity index (χ3v) is 5.09. The second-order valence-electron chi connectivity index (χ2n) is 7.89. The second kappa shape index (κ2) is 5.47. The zero-order valence-electron chi connectivity index (χ0n) is 13.4. The Hall–Kier alpha value is -1.32. The Bertz CT molecular complexity index is 520. The van der Waals surface area contributed by atoms with Crippen LogP contribution in [0.25, 0.3) is 0 Å². The van der Waals surface area contributed by atoms with Crippen LogP contribution >= 0.6 is 0 Å². The molecule has 1 heterocycles. The molecule has 2 aliphatic carbocycles. The summed E-state index contributed by atoms with van der Waals surface area (Å²) in [4.78, 5) is 20.1. The number of aromatic amines is 1. The van der Waals surface area contributed by atoms with Gasteiger partial charge in [0.05, 0.1) is 12.0 Å². The Morgan fingerprint density at radius 2 is 2.24 bits per heavy atom. The molecule has 1 saturated carbocycles. The number of rotatable bonds is 2. The van der Waals surface area contributed by atoms with E-state index in [2.05, 4.69) is 36.1 Å². The van der Waals surface area contributed by atoms with Crippen molar-refractivity contribution in [2.75, 3.05) is 0 Å². The number of aryl methyl sites for hydroxylation is 1. The Morgan fingerprint density at radius 3 is 3.00 bits per heavy atom. The lowest BCUT2D eigenvalue weighted by Gasteiger charge is -2.39. The average molecular weight is 289 g/mol. The summed E-state index contributed by atoms with van der Waals surface area (Å²) in [5.41, 5.74) is 2.64. The SMILES string of the molecule is CC1CC(NC(=O)C2CCc3nc[nH]c3C2)CC(C)(C)C1. The molecular weight excluding hydrogens is 262 g/mol. The van der Waals surface area contributed by atoms with Gasteiger partial charge in [0.15, 0.2) is 0 Å². The van der Waals surface area contributed by atoms with E-state index in [0.29, 0.717) is 17.4 Å². The van der Waals surface area contributed by atoms with Crippen LogP contribution in [0.15, 0.2) is 6.33 Å². The molecule has 0 aromatic carbocycles. The highest BCUT2D eigenvalue weighted by molar-refractivity contribution is 5.79. The van der Waals surface area contributed by atoms with Gasteiger partial charge in [-0.05, 0) is 43.4 Å². The maximum Gasteiger partial charge on any atom is 0.223 e. The van der Waals surface area contributed by atoms with Crippen LogP contribution in [-0.2, 0) is 17.6 Å². The quantitative estimate of drug-likeness (QED) is 0.879. The number of H-pyrrole nitrogens is 1. The lowest BCUT2D eigenvalue weighted by Crippen LogP contribution is -2.46. The summed E-state index contributed by atoms with van der Waals surface area (Å²) in [5, 5.41) is 3.32. The van der Waals surface area contributed by atoms with Crippen molar-refractivity contribution < 1.29 is 4.79 Å². The standard InChI is InChI=1S/C17H27N3O/c1-11-6-13(9-17(2,3)8-11)20-16(21)12-4-5-14-15(7-12)19-10-18-14/h10-13H,4-9H2,1-3H3,(H,18,19)(H,20,21). The normalized spacial score (nSPS) is 31.5. The zero-order chi connectivity index (χ0) is 15.0. The van der Waals surface area contributed by atoms with Crippen molar-refractivity contribution in [1.29, 1.82) is 0 Å². The lowest BCUT2D eigenvalue weighted by atomic mass is 9.70. The molecular formula is C17H27N3O. The number of nitrogens with zero attached hydrogens (tertiary/aromatic N) is 1. The van der Waals surface area contributed by atoms with Crippen LogP contribution in [0.3, 0.4) is 0 Å². The molecule has 4 heteroatoms. The van der Waals surface area contributed by atoms with Crippen molar-refractivity contribution >= 4 is 5.91 Å². The molecule has 1 fully saturated rings. The number of nitrogens with one attached hydrogen (secondary N) is 2. The first-order valence-electron chi connectivity index (χ1n) is 8.24. The van der Waals surface area contributed by atoms with Crippen molar-refractivity contribution in [3.8, 4) is 0 Å². The molecule has 2 N–H and O–H groups in total. The van der Waals surface area contributed by atoms with Gasteiger partial charge in [0.25, 0.3) is 0 Å². The number of fused-ring (bicyclic) bond motifs is 1. The number of imidazole rings is 1. The van der Waals surface area contributed by atoms with Gasteiger partial charge in [0.1, 0.15) is 0 Å². The Balaban J connectivity index is 1.59. The van der Waals surface area contributed by atoms with Crippen molar-refractivity contribution in [3.63, 3.8) is 0 Å². The number of hydrogen-bond donors (Lipinski definition) is 2. The fourth-order valence-corrected chi connectivity index (χ4v) is 4.40. The molecule has 0 spiro atoms. The highest BCUT2D eigenvalue weighted by Gasteiger charge is 2.34. The largest absolute Gasteiger partial charge is 0.353 e. The summed E-state index contributed by atoms with van der Waals surface area (Å²) in [6, 6.07) is 0.347. The van der Waals surface area contributed by atoms with Crippen molar-refractivity contribution in [3.05, 3.63) is 17.7 Å². The van der Waals surface area contributed by atoms with E-state index in [4.69, 9.17) is 0 Å². The topological polar surface area (TPSA) is 57.8 Å². The number of hydrogen-bond acceptors (Lipinski definition) is 2. The van der Waals surface area contributed by atoms with Crippen LogP contribution in [-0.4, -0.2) is 21.9 Å². The molecule has 1 amide bonds. The van der Waals surface area contributed by atoms with Crippen LogP contribution in [0.1, 0.15) is 57.8 Å². The highest BCUT2D eigenvalue weighted by Crippen LogP contribution is 2.38. The number of carbonyl (C=O) groups is 1. The fraction of sp³-hybridized carbons (Fsp3) is 0.765. The van der Waals surface area contributed by atoms with Gasteiger partial charge < -0.3 is 10.3 Å². The van der Waals surface area contributed by atoms with Crippen molar-refractivity contribution in [2.24, 2.45) is 17.3 Å². The monoisotopic (exact) mass is 289 g/mol. The molecule has 3 rings (SSSR count). The summed E-state index contributed by atoms with van der Waals surface area (Å²) in [6.07, 6.45) is 7.89. The summed E-state index contributed by atoms with van der Waals surface area (Å²) >= 11 is 0. The molecule has 3 unspecified atom stereocenters. The van der Waals surface area contributed by atoms with Crippen LogP contribution in [0, 0.1) is 17.3 Å². The summed E-state index contributed by atoms with van der Waals surface area (Å²) in [6.45, 7) is 6.94. The van der Waals surface area contributed by atoms with E-state index in [0.717, 1.165) is 43.5 Å². The zero-order valence-corrected chi connectivity index (χ0v) is 13.4. The molecule has 21 heavy (non-hydrogen) atoms. The van der Waals surface area contributed by atoms with E-state index in [-0.39, 0.29) is 11.8 Å². The van der Waals surface area contributed by atoms with Crippen LogP contribution < -0.4 is 5.32 Å². The van der Waals surface area contributed by atoms with Crippen LogP contribution in [0.4, 0.5) is 0 Å². The minimum atomic E-state index is 0.110. The Labute approximate surface area is 127 Å². The molecule has 2 aliphatic rings. The number of amides is 1. The van der Waals surface area contributed by atoms with Gasteiger partial charge in [-0.3, -0.25) is 4.79 Å². The summed E-state index contributed by atoms with van der Waals surface area (Å²) in [7, 11) is 0. The van der Waals surface area contributed by atoms with E-state index in [1.807, 2.05) is 0 Å². The fourth-order valence-electron chi connectivity index (χ4n) is 4.40. The highest BCUT2D eigenvalue weighted by atomic mass is 16.1. The van der Waals surface area contributed by atoms with Crippen LogP contribution in [0.2, 0.25) is 0 Å². The van der Waals surface area contributed by atoms with Gasteiger partial charge >= 0.3 is 0 Å². The molecule has 1 aromatic rings. The lowest BCUT2D eigenvalue weighted by molar-refractivity contribution is -0.126. The van der Waals surface area contributed by atoms with E-state index in [1.165, 1.54) is 6.42 Å². The minimum Gasteiger partial charge on any atom is -0.353 e. The average Bonchev–Trinajstić information content (AvgIpc) is 2.82. The molecule has 0 aliphatic heterocycles. The summed E-state index contributed by atoms with van der Waals surface area (Å²) < 4.78 is 0. The molecule has 116 valence electrons. The van der Waals surface area contributed by atoms with Gasteiger partial charge in [-0.25, -0.2) is 4.98 Å². The second-order valence-corrected chi connectivity index (χ2v) is 7.89. The first-order valence-corrected chi connectivity index (χ1v) is 8.24. The van der Waals surface area contributed by atoms with Gasteiger partial charge in [0.2, 0.25) is 5.91 Å². The predicted octanol–water partition coefficient (Wildman–Crippen LogP) is 2.85. The molecule has 0 radical (unpaired) electrons. The first-order chi connectivity index (χ1) is 9.93. The predicted molar refractivity (Wildman–Crippen MR) is 82.8 cm³/mol. The van der Waals surface area contributed by atoms with Crippen molar-refractivity contribution in [2.45, 2.75) is 65.3 Å². The van der Waals surface area contributed by atoms with E-state index in [1.54, 1.807) is 6.33 Å². The Morgan fingerprint density at radius 1 is 1.43 bits per heavy atom. The maximum absolute atomic E-state index is 12.6. The Kier molecular flexibility index (Phi) is 3.80. The van der Waals surface area contributed by atoms with E-state index in [9.17, 15) is 4.79 Å². The molecule has 1 aromatic heterocycles. The van der Waals surface area contributed by atoms with Crippen molar-refractivity contribution in [1.82, 2.24) is 15.3 Å². The van der Waals surface area contributed by atoms with E-state index >= 15 is 0 Å².